The number of hydrogen-bond acceptors (Lipinski definition) is 5. The van der Waals surface area contributed by atoms with Crippen LogP contribution < -0.4 is 13.8 Å². The standard InChI is InChI=1S/C14H22N2O5S2/c1-11(2)10-22(17,18)15-13-9-12(5-6-14(13)21-3)16-7-4-8-23(16,19)20/h5-6,9,11,15H,4,7-8,10H2,1-3H3. The fraction of sp³-hybridized carbons (Fsp3) is 0.571. The van der Waals surface area contributed by atoms with Crippen LogP contribution in [0.25, 0.3) is 0 Å². The van der Waals surface area contributed by atoms with Crippen molar-refractivity contribution in [2.45, 2.75) is 20.3 Å². The zero-order valence-electron chi connectivity index (χ0n) is 13.4. The minimum atomic E-state index is -3.53. The number of benzene rings is 1. The minimum absolute atomic E-state index is 0.0254. The predicted octanol–water partition coefficient (Wildman–Crippen LogP) is 1.63. The number of ether oxygens (including phenoxy) is 1. The lowest BCUT2D eigenvalue weighted by Crippen LogP contribution is -2.25. The monoisotopic (exact) mass is 362 g/mol. The number of methoxy groups -OCH3 is 1. The summed E-state index contributed by atoms with van der Waals surface area (Å²) >= 11 is 0. The predicted molar refractivity (Wildman–Crippen MR) is 91.0 cm³/mol. The molecule has 1 aliphatic heterocycles. The molecule has 0 aliphatic carbocycles. The van der Waals surface area contributed by atoms with E-state index in [4.69, 9.17) is 4.74 Å². The Bertz CT molecular complexity index is 772. The van der Waals surface area contributed by atoms with Crippen molar-refractivity contribution in [3.8, 4) is 5.75 Å². The van der Waals surface area contributed by atoms with Gasteiger partial charge in [-0.25, -0.2) is 16.8 Å². The van der Waals surface area contributed by atoms with E-state index in [1.165, 1.54) is 17.5 Å². The normalized spacial score (nSPS) is 17.5. The van der Waals surface area contributed by atoms with Gasteiger partial charge in [0.15, 0.2) is 0 Å². The van der Waals surface area contributed by atoms with E-state index in [1.807, 2.05) is 13.8 Å². The van der Waals surface area contributed by atoms with E-state index in [9.17, 15) is 16.8 Å². The van der Waals surface area contributed by atoms with Crippen molar-refractivity contribution in [2.75, 3.05) is 34.2 Å². The maximum Gasteiger partial charge on any atom is 0.235 e. The second kappa shape index (κ2) is 6.56. The Morgan fingerprint density at radius 2 is 2.04 bits per heavy atom. The maximum absolute atomic E-state index is 12.1. The van der Waals surface area contributed by atoms with Gasteiger partial charge in [-0.2, -0.15) is 0 Å². The van der Waals surface area contributed by atoms with Crippen LogP contribution >= 0.6 is 0 Å². The number of hydrogen-bond donors (Lipinski definition) is 1. The third-order valence-electron chi connectivity index (χ3n) is 3.39. The molecule has 7 nitrogen and oxygen atoms in total. The Labute approximate surface area is 137 Å². The quantitative estimate of drug-likeness (QED) is 0.830. The van der Waals surface area contributed by atoms with E-state index >= 15 is 0 Å². The molecule has 1 fully saturated rings. The minimum Gasteiger partial charge on any atom is -0.495 e. The summed E-state index contributed by atoms with van der Waals surface area (Å²) in [5.41, 5.74) is 0.679. The lowest BCUT2D eigenvalue weighted by molar-refractivity contribution is 0.417. The number of sulfonamides is 2. The second-order valence-corrected chi connectivity index (χ2v) is 9.68. The number of nitrogens with one attached hydrogen (secondary N) is 1. The Kier molecular flexibility index (Phi) is 5.10. The molecule has 0 aromatic heterocycles. The van der Waals surface area contributed by atoms with Gasteiger partial charge < -0.3 is 4.74 Å². The van der Waals surface area contributed by atoms with E-state index in [1.54, 1.807) is 12.1 Å². The van der Waals surface area contributed by atoms with Crippen molar-refractivity contribution in [2.24, 2.45) is 5.92 Å². The largest absolute Gasteiger partial charge is 0.495 e. The highest BCUT2D eigenvalue weighted by Gasteiger charge is 2.29. The Morgan fingerprint density at radius 1 is 1.35 bits per heavy atom. The third kappa shape index (κ3) is 4.29. The smallest absolute Gasteiger partial charge is 0.235 e. The topological polar surface area (TPSA) is 92.8 Å². The summed E-state index contributed by atoms with van der Waals surface area (Å²) in [6.45, 7) is 4.01. The van der Waals surface area contributed by atoms with Gasteiger partial charge in [-0.15, -0.1) is 0 Å². The van der Waals surface area contributed by atoms with Crippen LogP contribution in [0.15, 0.2) is 18.2 Å². The van der Waals surface area contributed by atoms with Gasteiger partial charge >= 0.3 is 0 Å². The van der Waals surface area contributed by atoms with Gasteiger partial charge in [0.1, 0.15) is 5.75 Å². The lowest BCUT2D eigenvalue weighted by Gasteiger charge is -2.20. The molecule has 0 bridgehead atoms. The van der Waals surface area contributed by atoms with Crippen molar-refractivity contribution in [3.63, 3.8) is 0 Å². The van der Waals surface area contributed by atoms with Crippen molar-refractivity contribution in [3.05, 3.63) is 18.2 Å². The summed E-state index contributed by atoms with van der Waals surface area (Å²) in [6.07, 6.45) is 0.558. The van der Waals surface area contributed by atoms with Gasteiger partial charge in [0.05, 0.1) is 30.0 Å². The number of nitrogens with zero attached hydrogens (tertiary/aromatic N) is 1. The molecule has 1 heterocycles. The molecule has 0 unspecified atom stereocenters. The molecule has 0 saturated carbocycles. The van der Waals surface area contributed by atoms with Crippen molar-refractivity contribution < 1.29 is 21.6 Å². The average molecular weight is 362 g/mol. The molecule has 0 radical (unpaired) electrons. The summed E-state index contributed by atoms with van der Waals surface area (Å²) in [5.74, 6) is 0.397. The average Bonchev–Trinajstić information content (AvgIpc) is 2.76. The first kappa shape index (κ1) is 17.9. The summed E-state index contributed by atoms with van der Waals surface area (Å²) in [5, 5.41) is 0. The van der Waals surface area contributed by atoms with Gasteiger partial charge in [0.2, 0.25) is 20.0 Å². The fourth-order valence-corrected chi connectivity index (χ4v) is 5.52. The second-order valence-electron chi connectivity index (χ2n) is 5.90. The van der Waals surface area contributed by atoms with Gasteiger partial charge in [0, 0.05) is 6.54 Å². The molecule has 1 saturated heterocycles. The third-order valence-corrected chi connectivity index (χ3v) is 6.89. The highest BCUT2D eigenvalue weighted by Crippen LogP contribution is 2.33. The zero-order chi connectivity index (χ0) is 17.3. The molecule has 1 aliphatic rings. The molecule has 1 aromatic carbocycles. The van der Waals surface area contributed by atoms with Crippen LogP contribution in [0.4, 0.5) is 11.4 Å². The number of rotatable bonds is 6. The zero-order valence-corrected chi connectivity index (χ0v) is 15.1. The van der Waals surface area contributed by atoms with E-state index in [2.05, 4.69) is 4.72 Å². The van der Waals surface area contributed by atoms with E-state index in [-0.39, 0.29) is 23.1 Å². The highest BCUT2D eigenvalue weighted by molar-refractivity contribution is 7.93. The van der Waals surface area contributed by atoms with E-state index in [0.717, 1.165) is 0 Å². The Morgan fingerprint density at radius 3 is 2.57 bits per heavy atom. The van der Waals surface area contributed by atoms with Gasteiger partial charge in [-0.3, -0.25) is 9.03 Å². The first-order valence-corrected chi connectivity index (χ1v) is 10.6. The maximum atomic E-state index is 12.1. The van der Waals surface area contributed by atoms with Crippen LogP contribution in [-0.4, -0.2) is 42.0 Å². The molecule has 0 spiro atoms. The van der Waals surface area contributed by atoms with Crippen LogP contribution in [0.5, 0.6) is 5.75 Å². The summed E-state index contributed by atoms with van der Waals surface area (Å²) in [6, 6.07) is 4.68. The van der Waals surface area contributed by atoms with Crippen LogP contribution in [0, 0.1) is 5.92 Å². The molecule has 0 atom stereocenters. The summed E-state index contributed by atoms with van der Waals surface area (Å²) in [4.78, 5) is 0. The molecule has 23 heavy (non-hydrogen) atoms. The molecule has 9 heteroatoms. The van der Waals surface area contributed by atoms with E-state index < -0.39 is 20.0 Å². The van der Waals surface area contributed by atoms with E-state index in [0.29, 0.717) is 24.4 Å². The summed E-state index contributed by atoms with van der Waals surface area (Å²) in [7, 11) is -5.42. The lowest BCUT2D eigenvalue weighted by atomic mass is 10.2. The molecular weight excluding hydrogens is 340 g/mol. The molecule has 130 valence electrons. The fourth-order valence-electron chi connectivity index (χ4n) is 2.51. The Balaban J connectivity index is 2.37. The van der Waals surface area contributed by atoms with Gasteiger partial charge in [0.25, 0.3) is 0 Å². The molecule has 0 amide bonds. The van der Waals surface area contributed by atoms with Crippen LogP contribution in [-0.2, 0) is 20.0 Å². The van der Waals surface area contributed by atoms with Crippen molar-refractivity contribution in [1.82, 2.24) is 0 Å². The molecular formula is C14H22N2O5S2. The molecule has 1 aromatic rings. The van der Waals surface area contributed by atoms with Crippen molar-refractivity contribution in [1.29, 1.82) is 0 Å². The highest BCUT2D eigenvalue weighted by atomic mass is 32.2. The van der Waals surface area contributed by atoms with Gasteiger partial charge in [-0.05, 0) is 30.5 Å². The SMILES string of the molecule is COc1ccc(N2CCCS2(=O)=O)cc1NS(=O)(=O)CC(C)C. The first-order valence-electron chi connectivity index (χ1n) is 7.33. The number of anilines is 2. The van der Waals surface area contributed by atoms with Crippen LogP contribution in [0.2, 0.25) is 0 Å². The molecule has 2 rings (SSSR count). The summed E-state index contributed by atoms with van der Waals surface area (Å²) < 4.78 is 57.3. The van der Waals surface area contributed by atoms with Gasteiger partial charge in [-0.1, -0.05) is 13.8 Å². The Hall–Kier alpha value is -1.48. The molecule has 1 N–H and O–H groups in total. The van der Waals surface area contributed by atoms with Crippen molar-refractivity contribution >= 4 is 31.4 Å². The van der Waals surface area contributed by atoms with Crippen LogP contribution in [0.1, 0.15) is 20.3 Å². The first-order chi connectivity index (χ1) is 10.6. The van der Waals surface area contributed by atoms with Crippen LogP contribution in [0.3, 0.4) is 0 Å².